The number of hydrogen-bond acceptors (Lipinski definition) is 7. The molecule has 0 spiro atoms. The van der Waals surface area contributed by atoms with Gasteiger partial charge in [-0.05, 0) is 25.8 Å². The number of aryl methyl sites for hydroxylation is 1. The summed E-state index contributed by atoms with van der Waals surface area (Å²) in [5, 5.41) is 21.5. The van der Waals surface area contributed by atoms with Gasteiger partial charge in [0, 0.05) is 19.8 Å². The van der Waals surface area contributed by atoms with Crippen LogP contribution in [0.15, 0.2) is 12.3 Å². The third kappa shape index (κ3) is 2.40. The van der Waals surface area contributed by atoms with Gasteiger partial charge in [-0.3, -0.25) is 9.78 Å². The van der Waals surface area contributed by atoms with Gasteiger partial charge in [0.15, 0.2) is 0 Å². The second-order valence-electron chi connectivity index (χ2n) is 7.32. The SMILES string of the molecule is C[C@@H]1COCCN1c1nc(C2(C#N)CC2)c2c(n1)c(-c1ccn[nH]1)nn2C. The van der Waals surface area contributed by atoms with E-state index in [4.69, 9.17) is 14.7 Å². The summed E-state index contributed by atoms with van der Waals surface area (Å²) >= 11 is 0. The second-order valence-corrected chi connectivity index (χ2v) is 7.32. The van der Waals surface area contributed by atoms with Gasteiger partial charge in [-0.2, -0.15) is 15.5 Å². The molecular formula is C18H20N8O. The van der Waals surface area contributed by atoms with Crippen molar-refractivity contribution in [1.29, 1.82) is 5.26 Å². The zero-order chi connectivity index (χ0) is 18.6. The Hall–Kier alpha value is -2.99. The summed E-state index contributed by atoms with van der Waals surface area (Å²) in [6, 6.07) is 4.53. The molecule has 2 aliphatic rings. The van der Waals surface area contributed by atoms with Gasteiger partial charge in [0.25, 0.3) is 0 Å². The Kier molecular flexibility index (Phi) is 3.45. The zero-order valence-electron chi connectivity index (χ0n) is 15.3. The topological polar surface area (TPSA) is 109 Å². The Bertz CT molecular complexity index is 1040. The number of aromatic amines is 1. The molecule has 9 heteroatoms. The van der Waals surface area contributed by atoms with Gasteiger partial charge in [-0.25, -0.2) is 9.97 Å². The highest BCUT2D eigenvalue weighted by atomic mass is 16.5. The predicted molar refractivity (Wildman–Crippen MR) is 98.0 cm³/mol. The minimum absolute atomic E-state index is 0.175. The maximum absolute atomic E-state index is 9.81. The minimum Gasteiger partial charge on any atom is -0.377 e. The quantitative estimate of drug-likeness (QED) is 0.751. The van der Waals surface area contributed by atoms with Crippen LogP contribution in [0.5, 0.6) is 0 Å². The van der Waals surface area contributed by atoms with Crippen LogP contribution in [0.1, 0.15) is 25.5 Å². The van der Waals surface area contributed by atoms with Crippen molar-refractivity contribution in [2.75, 3.05) is 24.7 Å². The van der Waals surface area contributed by atoms with Crippen molar-refractivity contribution in [3.63, 3.8) is 0 Å². The van der Waals surface area contributed by atoms with Crippen LogP contribution in [0.25, 0.3) is 22.4 Å². The number of H-pyrrole nitrogens is 1. The molecule has 1 saturated heterocycles. The molecule has 1 N–H and O–H groups in total. The maximum Gasteiger partial charge on any atom is 0.226 e. The number of nitriles is 1. The van der Waals surface area contributed by atoms with Crippen LogP contribution in [0.4, 0.5) is 5.95 Å². The number of anilines is 1. The van der Waals surface area contributed by atoms with E-state index in [2.05, 4.69) is 33.2 Å². The molecule has 0 amide bonds. The highest BCUT2D eigenvalue weighted by molar-refractivity contribution is 5.92. The number of fused-ring (bicyclic) bond motifs is 1. The third-order valence-electron chi connectivity index (χ3n) is 5.47. The van der Waals surface area contributed by atoms with Crippen molar-refractivity contribution >= 4 is 17.0 Å². The molecule has 27 heavy (non-hydrogen) atoms. The van der Waals surface area contributed by atoms with E-state index in [1.165, 1.54) is 0 Å². The van der Waals surface area contributed by atoms with Gasteiger partial charge < -0.3 is 9.64 Å². The number of morpholine rings is 1. The van der Waals surface area contributed by atoms with Crippen molar-refractivity contribution in [3.8, 4) is 17.5 Å². The van der Waals surface area contributed by atoms with E-state index in [1.54, 1.807) is 10.9 Å². The molecule has 138 valence electrons. The fraction of sp³-hybridized carbons (Fsp3) is 0.500. The summed E-state index contributed by atoms with van der Waals surface area (Å²) in [4.78, 5) is 11.9. The van der Waals surface area contributed by atoms with E-state index in [1.807, 2.05) is 13.1 Å². The van der Waals surface area contributed by atoms with E-state index in [0.717, 1.165) is 47.5 Å². The van der Waals surface area contributed by atoms with Crippen LogP contribution in [-0.2, 0) is 17.2 Å². The normalized spacial score (nSPS) is 21.4. The minimum atomic E-state index is -0.537. The summed E-state index contributed by atoms with van der Waals surface area (Å²) < 4.78 is 7.34. The standard InChI is InChI=1S/C18H20N8O/c1-11-9-27-8-7-26(11)17-21-14-13(12-3-6-20-23-12)24-25(2)15(14)16(22-17)18(10-19)4-5-18/h3,6,11H,4-5,7-9H2,1-2H3,(H,20,23)/t11-/m1/s1. The Morgan fingerprint density at radius 2 is 2.22 bits per heavy atom. The maximum atomic E-state index is 9.81. The van der Waals surface area contributed by atoms with Crippen molar-refractivity contribution in [2.45, 2.75) is 31.2 Å². The third-order valence-corrected chi connectivity index (χ3v) is 5.47. The first-order chi connectivity index (χ1) is 13.1. The molecular weight excluding hydrogens is 344 g/mol. The summed E-state index contributed by atoms with van der Waals surface area (Å²) in [6.07, 6.45) is 3.33. The van der Waals surface area contributed by atoms with Crippen molar-refractivity contribution in [2.24, 2.45) is 7.05 Å². The highest BCUT2D eigenvalue weighted by Gasteiger charge is 2.49. The summed E-state index contributed by atoms with van der Waals surface area (Å²) in [7, 11) is 1.87. The van der Waals surface area contributed by atoms with E-state index in [0.29, 0.717) is 19.2 Å². The smallest absolute Gasteiger partial charge is 0.226 e. The Labute approximate surface area is 156 Å². The summed E-state index contributed by atoms with van der Waals surface area (Å²) in [5.41, 5.74) is 3.34. The second kappa shape index (κ2) is 5.76. The van der Waals surface area contributed by atoms with E-state index >= 15 is 0 Å². The number of nitrogens with zero attached hydrogens (tertiary/aromatic N) is 7. The first kappa shape index (κ1) is 16.2. The molecule has 5 rings (SSSR count). The van der Waals surface area contributed by atoms with Gasteiger partial charge in [0.05, 0.1) is 36.7 Å². The molecule has 1 atom stereocenters. The molecule has 3 aromatic heterocycles. The Balaban J connectivity index is 1.78. The van der Waals surface area contributed by atoms with Crippen LogP contribution in [0.3, 0.4) is 0 Å². The van der Waals surface area contributed by atoms with Gasteiger partial charge in [-0.1, -0.05) is 0 Å². The summed E-state index contributed by atoms with van der Waals surface area (Å²) in [6.45, 7) is 4.11. The monoisotopic (exact) mass is 364 g/mol. The Morgan fingerprint density at radius 3 is 2.89 bits per heavy atom. The van der Waals surface area contributed by atoms with Gasteiger partial charge in [0.1, 0.15) is 22.1 Å². The lowest BCUT2D eigenvalue weighted by Gasteiger charge is -2.33. The number of ether oxygens (including phenoxy) is 1. The van der Waals surface area contributed by atoms with E-state index in [9.17, 15) is 5.26 Å². The van der Waals surface area contributed by atoms with Gasteiger partial charge in [0.2, 0.25) is 5.95 Å². The molecule has 0 radical (unpaired) electrons. The molecule has 0 bridgehead atoms. The van der Waals surface area contributed by atoms with Crippen molar-refractivity contribution in [3.05, 3.63) is 18.0 Å². The lowest BCUT2D eigenvalue weighted by atomic mass is 10.0. The van der Waals surface area contributed by atoms with E-state index in [-0.39, 0.29) is 6.04 Å². The van der Waals surface area contributed by atoms with Gasteiger partial charge >= 0.3 is 0 Å². The fourth-order valence-electron chi connectivity index (χ4n) is 3.74. The van der Waals surface area contributed by atoms with Crippen LogP contribution < -0.4 is 4.90 Å². The lowest BCUT2D eigenvalue weighted by Crippen LogP contribution is -2.44. The number of rotatable bonds is 3. The molecule has 1 aliphatic carbocycles. The number of nitrogens with one attached hydrogen (secondary N) is 1. The van der Waals surface area contributed by atoms with Crippen LogP contribution in [-0.4, -0.2) is 55.7 Å². The van der Waals surface area contributed by atoms with Crippen LogP contribution in [0, 0.1) is 11.3 Å². The first-order valence-corrected chi connectivity index (χ1v) is 9.13. The Morgan fingerprint density at radius 1 is 1.37 bits per heavy atom. The molecule has 0 aromatic carbocycles. The largest absolute Gasteiger partial charge is 0.377 e. The molecule has 2 fully saturated rings. The molecule has 0 unspecified atom stereocenters. The van der Waals surface area contributed by atoms with Crippen molar-refractivity contribution in [1.82, 2.24) is 29.9 Å². The van der Waals surface area contributed by atoms with E-state index < -0.39 is 5.41 Å². The van der Waals surface area contributed by atoms with Crippen molar-refractivity contribution < 1.29 is 4.74 Å². The molecule has 1 aliphatic heterocycles. The highest BCUT2D eigenvalue weighted by Crippen LogP contribution is 2.49. The number of hydrogen-bond donors (Lipinski definition) is 1. The van der Waals surface area contributed by atoms with Gasteiger partial charge in [-0.15, -0.1) is 0 Å². The average molecular weight is 364 g/mol. The zero-order valence-corrected chi connectivity index (χ0v) is 15.3. The number of aromatic nitrogens is 6. The summed E-state index contributed by atoms with van der Waals surface area (Å²) in [5.74, 6) is 0.642. The molecule has 3 aromatic rings. The van der Waals surface area contributed by atoms with Crippen LogP contribution >= 0.6 is 0 Å². The fourth-order valence-corrected chi connectivity index (χ4v) is 3.74. The predicted octanol–water partition coefficient (Wildman–Crippen LogP) is 1.53. The molecule has 4 heterocycles. The lowest BCUT2D eigenvalue weighted by molar-refractivity contribution is 0.0981. The van der Waals surface area contributed by atoms with Crippen LogP contribution in [0.2, 0.25) is 0 Å². The molecule has 1 saturated carbocycles. The first-order valence-electron chi connectivity index (χ1n) is 9.13. The average Bonchev–Trinajstić information content (AvgIpc) is 3.15. The molecule has 9 nitrogen and oxygen atoms in total.